The molecule has 2 saturated heterocycles. The molecule has 4 aromatic rings. The highest BCUT2D eigenvalue weighted by Gasteiger charge is 2.31. The van der Waals surface area contributed by atoms with Crippen molar-refractivity contribution in [3.8, 4) is 10.6 Å². The van der Waals surface area contributed by atoms with Gasteiger partial charge in [-0.2, -0.15) is 0 Å². The maximum absolute atomic E-state index is 13.4. The summed E-state index contributed by atoms with van der Waals surface area (Å²) in [7, 11) is 0. The minimum Gasteiger partial charge on any atom is -0.359 e. The van der Waals surface area contributed by atoms with Crippen LogP contribution < -0.4 is 4.90 Å². The number of piperazine rings is 1. The van der Waals surface area contributed by atoms with Crippen LogP contribution in [0.15, 0.2) is 48.9 Å². The van der Waals surface area contributed by atoms with Crippen LogP contribution in [-0.2, 0) is 9.59 Å². The van der Waals surface area contributed by atoms with E-state index in [2.05, 4.69) is 15.0 Å². The van der Waals surface area contributed by atoms with Gasteiger partial charge in [-0.3, -0.25) is 29.1 Å². The summed E-state index contributed by atoms with van der Waals surface area (Å²) >= 11 is 1.37. The Hall–Kier alpha value is -4.38. The average molecular weight is 543 g/mol. The Bertz CT molecular complexity index is 1600. The van der Waals surface area contributed by atoms with Crippen molar-refractivity contribution >= 4 is 50.9 Å². The molecule has 10 nitrogen and oxygen atoms in total. The minimum absolute atomic E-state index is 0.0643. The second kappa shape index (κ2) is 10.1. The van der Waals surface area contributed by atoms with Crippen molar-refractivity contribution in [2.24, 2.45) is 0 Å². The molecule has 5 heterocycles. The molecule has 0 saturated carbocycles. The molecule has 6 rings (SSSR count). The van der Waals surface area contributed by atoms with Gasteiger partial charge < -0.3 is 14.8 Å². The topological polar surface area (TPSA) is 120 Å². The Kier molecular flexibility index (Phi) is 6.43. The first kappa shape index (κ1) is 24.9. The van der Waals surface area contributed by atoms with Crippen LogP contribution in [0.2, 0.25) is 0 Å². The SMILES string of the molecule is Cc1cnc(-c2cnc(N3CCCC3=O)s2)c2[nH]cc(C(=O)C(=O)N3CCN(C(=O)c4ccccc4)CC3)c12. The fraction of sp³-hybridized carbons (Fsp3) is 0.286. The van der Waals surface area contributed by atoms with E-state index in [-0.39, 0.29) is 24.9 Å². The van der Waals surface area contributed by atoms with Gasteiger partial charge in [0.25, 0.3) is 17.6 Å². The van der Waals surface area contributed by atoms with Crippen LogP contribution in [0, 0.1) is 6.92 Å². The molecule has 3 amide bonds. The number of anilines is 1. The van der Waals surface area contributed by atoms with Crippen molar-refractivity contribution in [3.63, 3.8) is 0 Å². The minimum atomic E-state index is -0.600. The van der Waals surface area contributed by atoms with Gasteiger partial charge in [0.15, 0.2) is 5.13 Å². The zero-order valence-corrected chi connectivity index (χ0v) is 22.2. The van der Waals surface area contributed by atoms with E-state index in [1.54, 1.807) is 40.5 Å². The van der Waals surface area contributed by atoms with Crippen molar-refractivity contribution in [3.05, 3.63) is 65.6 Å². The maximum atomic E-state index is 13.4. The highest BCUT2D eigenvalue weighted by atomic mass is 32.1. The largest absolute Gasteiger partial charge is 0.359 e. The van der Waals surface area contributed by atoms with E-state index < -0.39 is 11.7 Å². The third-order valence-electron chi connectivity index (χ3n) is 7.24. The second-order valence-electron chi connectivity index (χ2n) is 9.68. The fourth-order valence-corrected chi connectivity index (χ4v) is 6.12. The van der Waals surface area contributed by atoms with E-state index in [0.29, 0.717) is 58.9 Å². The first-order valence-corrected chi connectivity index (χ1v) is 13.6. The Balaban J connectivity index is 1.21. The number of hydrogen-bond donors (Lipinski definition) is 1. The summed E-state index contributed by atoms with van der Waals surface area (Å²) in [5, 5.41) is 1.27. The fourth-order valence-electron chi connectivity index (χ4n) is 5.16. The zero-order chi connectivity index (χ0) is 27.1. The monoisotopic (exact) mass is 542 g/mol. The van der Waals surface area contributed by atoms with Crippen molar-refractivity contribution in [2.75, 3.05) is 37.6 Å². The number of H-pyrrole nitrogens is 1. The molecule has 1 N–H and O–H groups in total. The molecule has 2 aliphatic rings. The molecule has 0 unspecified atom stereocenters. The smallest absolute Gasteiger partial charge is 0.295 e. The molecule has 0 radical (unpaired) electrons. The predicted octanol–water partition coefficient (Wildman–Crippen LogP) is 3.29. The van der Waals surface area contributed by atoms with Gasteiger partial charge in [-0.1, -0.05) is 29.5 Å². The van der Waals surface area contributed by atoms with Crippen LogP contribution in [0.25, 0.3) is 21.5 Å². The summed E-state index contributed by atoms with van der Waals surface area (Å²) < 4.78 is 0. The number of carbonyl (C=O) groups is 4. The van der Waals surface area contributed by atoms with E-state index >= 15 is 0 Å². The van der Waals surface area contributed by atoms with Crippen molar-refractivity contribution in [1.82, 2.24) is 24.8 Å². The van der Waals surface area contributed by atoms with Crippen LogP contribution in [-0.4, -0.2) is 81.0 Å². The molecular formula is C28H26N6O4S. The van der Waals surface area contributed by atoms with Crippen molar-refractivity contribution in [1.29, 1.82) is 0 Å². The van der Waals surface area contributed by atoms with Crippen molar-refractivity contribution < 1.29 is 19.2 Å². The lowest BCUT2D eigenvalue weighted by Crippen LogP contribution is -2.52. The van der Waals surface area contributed by atoms with Gasteiger partial charge in [0.05, 0.1) is 16.0 Å². The molecule has 2 aliphatic heterocycles. The van der Waals surface area contributed by atoms with E-state index in [1.165, 1.54) is 16.2 Å². The zero-order valence-electron chi connectivity index (χ0n) is 21.3. The number of aromatic nitrogens is 3. The number of thiazole rings is 1. The number of aryl methyl sites for hydroxylation is 1. The van der Waals surface area contributed by atoms with Gasteiger partial charge in [0.1, 0.15) is 5.69 Å². The number of benzene rings is 1. The maximum Gasteiger partial charge on any atom is 0.295 e. The Labute approximate surface area is 228 Å². The van der Waals surface area contributed by atoms with Crippen LogP contribution in [0.3, 0.4) is 0 Å². The van der Waals surface area contributed by atoms with Crippen molar-refractivity contribution in [2.45, 2.75) is 19.8 Å². The number of rotatable bonds is 5. The van der Waals surface area contributed by atoms with Gasteiger partial charge in [-0.15, -0.1) is 0 Å². The van der Waals surface area contributed by atoms with Gasteiger partial charge in [0.2, 0.25) is 5.91 Å². The molecule has 1 aromatic carbocycles. The van der Waals surface area contributed by atoms with E-state index in [0.717, 1.165) is 16.9 Å². The lowest BCUT2D eigenvalue weighted by Gasteiger charge is -2.34. The van der Waals surface area contributed by atoms with Crippen LogP contribution in [0.5, 0.6) is 0 Å². The molecule has 2 fully saturated rings. The third kappa shape index (κ3) is 4.48. The Morgan fingerprint density at radius 1 is 0.949 bits per heavy atom. The molecule has 0 spiro atoms. The van der Waals surface area contributed by atoms with Gasteiger partial charge in [-0.05, 0) is 31.0 Å². The lowest BCUT2D eigenvalue weighted by molar-refractivity contribution is -0.127. The number of nitrogens with one attached hydrogen (secondary N) is 1. The van der Waals surface area contributed by atoms with Gasteiger partial charge in [-0.25, -0.2) is 4.98 Å². The van der Waals surface area contributed by atoms with Crippen LogP contribution >= 0.6 is 11.3 Å². The summed E-state index contributed by atoms with van der Waals surface area (Å²) in [6, 6.07) is 9.03. The predicted molar refractivity (Wildman–Crippen MR) is 147 cm³/mol. The van der Waals surface area contributed by atoms with E-state index in [4.69, 9.17) is 0 Å². The highest BCUT2D eigenvalue weighted by molar-refractivity contribution is 7.19. The number of pyridine rings is 1. The van der Waals surface area contributed by atoms with Crippen LogP contribution in [0.1, 0.15) is 39.1 Å². The third-order valence-corrected chi connectivity index (χ3v) is 8.27. The molecule has 11 heteroatoms. The number of nitrogens with zero attached hydrogens (tertiary/aromatic N) is 5. The van der Waals surface area contributed by atoms with E-state index in [9.17, 15) is 19.2 Å². The van der Waals surface area contributed by atoms with Gasteiger partial charge in [0, 0.05) is 68.7 Å². The van der Waals surface area contributed by atoms with Crippen LogP contribution in [0.4, 0.5) is 5.13 Å². The molecule has 0 bridgehead atoms. The number of aromatic amines is 1. The summed E-state index contributed by atoms with van der Waals surface area (Å²) in [5.41, 5.74) is 2.92. The quantitative estimate of drug-likeness (QED) is 0.305. The summed E-state index contributed by atoms with van der Waals surface area (Å²) in [5.74, 6) is -1.21. The first-order chi connectivity index (χ1) is 18.9. The number of fused-ring (bicyclic) bond motifs is 1. The summed E-state index contributed by atoms with van der Waals surface area (Å²) in [4.78, 5) is 69.4. The second-order valence-corrected chi connectivity index (χ2v) is 10.7. The standard InChI is InChI=1S/C28H26N6O4S/c1-17-14-29-23(20-16-31-28(39-20)34-9-5-8-21(34)35)24-22(17)19(15-30-24)25(36)27(38)33-12-10-32(11-13-33)26(37)18-6-3-2-4-7-18/h2-4,6-7,14-16,30H,5,8-13H2,1H3. The lowest BCUT2D eigenvalue weighted by atomic mass is 10.0. The highest BCUT2D eigenvalue weighted by Crippen LogP contribution is 2.36. The molecular weight excluding hydrogens is 516 g/mol. The summed E-state index contributed by atoms with van der Waals surface area (Å²) in [6.07, 6.45) is 6.27. The molecule has 39 heavy (non-hydrogen) atoms. The number of Topliss-reactive ketones (excluding diaryl/α,β-unsaturated/α-hetero) is 1. The Morgan fingerprint density at radius 2 is 1.69 bits per heavy atom. The molecule has 0 aliphatic carbocycles. The summed E-state index contributed by atoms with van der Waals surface area (Å²) in [6.45, 7) is 3.80. The normalized spacial score (nSPS) is 15.8. The molecule has 3 aromatic heterocycles. The number of ketones is 1. The molecule has 0 atom stereocenters. The van der Waals surface area contributed by atoms with Gasteiger partial charge >= 0.3 is 0 Å². The molecule has 198 valence electrons. The van der Waals surface area contributed by atoms with E-state index in [1.807, 2.05) is 25.1 Å². The Morgan fingerprint density at radius 3 is 2.41 bits per heavy atom. The average Bonchev–Trinajstić information content (AvgIpc) is 3.73. The number of carbonyl (C=O) groups excluding carboxylic acids is 4. The number of amides is 3. The first-order valence-electron chi connectivity index (χ1n) is 12.8. The number of hydrogen-bond acceptors (Lipinski definition) is 7.